The first kappa shape index (κ1) is 21.8. The SMILES string of the molecule is Br.Cc1cc(=O)n(C)c(=O)n1CC[N+](C)(C)Cc1ccc([N+](=O)[O-])cc1. The Bertz CT molecular complexity index is 900. The molecule has 0 aliphatic heterocycles. The molecule has 142 valence electrons. The van der Waals surface area contributed by atoms with E-state index in [4.69, 9.17) is 0 Å². The number of rotatable bonds is 6. The Kier molecular flexibility index (Phi) is 7.05. The van der Waals surface area contributed by atoms with Gasteiger partial charge in [0.25, 0.3) is 11.2 Å². The van der Waals surface area contributed by atoms with Crippen LogP contribution in [0.5, 0.6) is 0 Å². The van der Waals surface area contributed by atoms with Crippen LogP contribution in [0.25, 0.3) is 0 Å². The fourth-order valence-electron chi connectivity index (χ4n) is 2.72. The fourth-order valence-corrected chi connectivity index (χ4v) is 2.72. The van der Waals surface area contributed by atoms with E-state index >= 15 is 0 Å². The number of halogens is 1. The molecule has 1 aromatic carbocycles. The highest BCUT2D eigenvalue weighted by atomic mass is 79.9. The highest BCUT2D eigenvalue weighted by Crippen LogP contribution is 2.15. The predicted molar refractivity (Wildman–Crippen MR) is 105 cm³/mol. The lowest BCUT2D eigenvalue weighted by molar-refractivity contribution is -0.904. The van der Waals surface area contributed by atoms with Crippen molar-refractivity contribution in [3.05, 3.63) is 72.5 Å². The summed E-state index contributed by atoms with van der Waals surface area (Å²) in [4.78, 5) is 34.2. The van der Waals surface area contributed by atoms with Crippen LogP contribution in [0.15, 0.2) is 39.9 Å². The van der Waals surface area contributed by atoms with Gasteiger partial charge in [-0.15, -0.1) is 17.0 Å². The van der Waals surface area contributed by atoms with E-state index in [1.165, 1.54) is 25.2 Å². The van der Waals surface area contributed by atoms with Gasteiger partial charge in [-0.05, 0) is 19.1 Å². The Morgan fingerprint density at radius 1 is 1.15 bits per heavy atom. The van der Waals surface area contributed by atoms with Gasteiger partial charge in [0.05, 0.1) is 32.1 Å². The molecule has 9 heteroatoms. The number of hydrogen-bond donors (Lipinski definition) is 0. The number of benzene rings is 1. The zero-order valence-corrected chi connectivity index (χ0v) is 17.1. The van der Waals surface area contributed by atoms with E-state index in [1.807, 2.05) is 14.1 Å². The van der Waals surface area contributed by atoms with Gasteiger partial charge in [0, 0.05) is 36.5 Å². The van der Waals surface area contributed by atoms with E-state index in [1.54, 1.807) is 23.6 Å². The average Bonchev–Trinajstić information content (AvgIpc) is 2.52. The van der Waals surface area contributed by atoms with Crippen molar-refractivity contribution in [2.45, 2.75) is 20.0 Å². The van der Waals surface area contributed by atoms with Gasteiger partial charge in [0.15, 0.2) is 0 Å². The smallest absolute Gasteiger partial charge is 0.323 e. The molecule has 0 bridgehead atoms. The Labute approximate surface area is 161 Å². The number of quaternary nitrogens is 1. The van der Waals surface area contributed by atoms with E-state index in [9.17, 15) is 19.7 Å². The molecule has 0 aliphatic carbocycles. The maximum atomic E-state index is 12.2. The number of aromatic nitrogens is 2. The number of nitro groups is 1. The number of nitrogens with zero attached hydrogens (tertiary/aromatic N) is 4. The zero-order chi connectivity index (χ0) is 18.8. The van der Waals surface area contributed by atoms with Gasteiger partial charge in [0.1, 0.15) is 6.54 Å². The van der Waals surface area contributed by atoms with Gasteiger partial charge in [-0.1, -0.05) is 0 Å². The van der Waals surface area contributed by atoms with Gasteiger partial charge in [-0.2, -0.15) is 0 Å². The predicted octanol–water partition coefficient (Wildman–Crippen LogP) is 1.62. The van der Waals surface area contributed by atoms with Gasteiger partial charge >= 0.3 is 5.69 Å². The molecule has 2 rings (SSSR count). The summed E-state index contributed by atoms with van der Waals surface area (Å²) in [6, 6.07) is 7.95. The third-order valence-electron chi connectivity index (χ3n) is 4.29. The largest absolute Gasteiger partial charge is 0.331 e. The molecule has 2 aromatic rings. The topological polar surface area (TPSA) is 87.1 Å². The number of non-ortho nitro benzene ring substituents is 1. The van der Waals surface area contributed by atoms with Crippen LogP contribution in [0.3, 0.4) is 0 Å². The van der Waals surface area contributed by atoms with Gasteiger partial charge < -0.3 is 4.48 Å². The maximum Gasteiger partial charge on any atom is 0.331 e. The maximum absolute atomic E-state index is 12.2. The Morgan fingerprint density at radius 3 is 2.27 bits per heavy atom. The molecular weight excluding hydrogens is 404 g/mol. The molecule has 1 heterocycles. The van der Waals surface area contributed by atoms with E-state index in [0.717, 1.165) is 10.1 Å². The van der Waals surface area contributed by atoms with Crippen LogP contribution in [0.1, 0.15) is 11.3 Å². The molecule has 0 unspecified atom stereocenters. The number of likely N-dealkylation sites (N-methyl/N-ethyl adjacent to an activating group) is 1. The third kappa shape index (κ3) is 5.12. The highest BCUT2D eigenvalue weighted by Gasteiger charge is 2.18. The van der Waals surface area contributed by atoms with Gasteiger partial charge in [-0.25, -0.2) is 4.79 Å². The van der Waals surface area contributed by atoms with Crippen molar-refractivity contribution >= 4 is 22.7 Å². The minimum absolute atomic E-state index is 0. The molecule has 0 fully saturated rings. The van der Waals surface area contributed by atoms with Crippen LogP contribution < -0.4 is 11.2 Å². The second-order valence-electron chi connectivity index (χ2n) is 6.86. The summed E-state index contributed by atoms with van der Waals surface area (Å²) in [5, 5.41) is 10.7. The van der Waals surface area contributed by atoms with Crippen molar-refractivity contribution in [1.29, 1.82) is 0 Å². The average molecular weight is 428 g/mol. The van der Waals surface area contributed by atoms with Crippen LogP contribution in [0.4, 0.5) is 5.69 Å². The van der Waals surface area contributed by atoms with Crippen molar-refractivity contribution < 1.29 is 9.41 Å². The lowest BCUT2D eigenvalue weighted by Gasteiger charge is -2.30. The summed E-state index contributed by atoms with van der Waals surface area (Å²) in [5.74, 6) is 0. The second-order valence-corrected chi connectivity index (χ2v) is 6.86. The fraction of sp³-hybridized carbons (Fsp3) is 0.412. The molecular formula is C17H24BrN4O4+. The molecule has 0 spiro atoms. The standard InChI is InChI=1S/C17H23N4O4.BrH/c1-13-11-16(22)18(2)17(23)19(13)9-10-21(3,4)12-14-5-7-15(8-6-14)20(24)25;/h5-8,11H,9-10,12H2,1-4H3;1H/q+1;. The van der Waals surface area contributed by atoms with Gasteiger partial charge in [-0.3, -0.25) is 24.0 Å². The molecule has 1 aromatic heterocycles. The Morgan fingerprint density at radius 2 is 1.73 bits per heavy atom. The van der Waals surface area contributed by atoms with Crippen molar-refractivity contribution in [3.8, 4) is 0 Å². The molecule has 0 saturated carbocycles. The summed E-state index contributed by atoms with van der Waals surface area (Å²) in [5.41, 5.74) is 1.07. The molecule has 0 N–H and O–H groups in total. The zero-order valence-electron chi connectivity index (χ0n) is 15.3. The van der Waals surface area contributed by atoms with Crippen molar-refractivity contribution in [2.75, 3.05) is 20.6 Å². The lowest BCUT2D eigenvalue weighted by atomic mass is 10.2. The Balaban J connectivity index is 0.00000338. The minimum atomic E-state index is -0.418. The van der Waals surface area contributed by atoms with Crippen LogP contribution in [-0.4, -0.2) is 39.2 Å². The molecule has 0 radical (unpaired) electrons. The van der Waals surface area contributed by atoms with Crippen LogP contribution in [0.2, 0.25) is 0 Å². The lowest BCUT2D eigenvalue weighted by Crippen LogP contribution is -2.45. The summed E-state index contributed by atoms with van der Waals surface area (Å²) < 4.78 is 3.30. The van der Waals surface area contributed by atoms with Gasteiger partial charge in [0.2, 0.25) is 0 Å². The number of nitro benzene ring substituents is 1. The van der Waals surface area contributed by atoms with Crippen molar-refractivity contribution in [3.63, 3.8) is 0 Å². The molecule has 8 nitrogen and oxygen atoms in total. The van der Waals surface area contributed by atoms with E-state index < -0.39 is 4.92 Å². The number of aryl methyl sites for hydroxylation is 1. The van der Waals surface area contributed by atoms with Crippen LogP contribution in [0, 0.1) is 17.0 Å². The summed E-state index contributed by atoms with van der Waals surface area (Å²) in [6.07, 6.45) is 0. The first-order valence-corrected chi connectivity index (χ1v) is 7.93. The molecule has 0 saturated heterocycles. The monoisotopic (exact) mass is 427 g/mol. The molecule has 0 atom stereocenters. The molecule has 26 heavy (non-hydrogen) atoms. The second kappa shape index (κ2) is 8.41. The van der Waals surface area contributed by atoms with Crippen molar-refractivity contribution in [1.82, 2.24) is 9.13 Å². The van der Waals surface area contributed by atoms with E-state index in [0.29, 0.717) is 29.8 Å². The normalized spacial score (nSPS) is 11.1. The molecule has 0 aliphatic rings. The molecule has 0 amide bonds. The van der Waals surface area contributed by atoms with Crippen LogP contribution in [-0.2, 0) is 20.1 Å². The van der Waals surface area contributed by atoms with Crippen LogP contribution >= 0.6 is 17.0 Å². The highest BCUT2D eigenvalue weighted by molar-refractivity contribution is 8.93. The van der Waals surface area contributed by atoms with E-state index in [2.05, 4.69) is 0 Å². The summed E-state index contributed by atoms with van der Waals surface area (Å²) in [7, 11) is 5.53. The quantitative estimate of drug-likeness (QED) is 0.398. The third-order valence-corrected chi connectivity index (χ3v) is 4.29. The van der Waals surface area contributed by atoms with E-state index in [-0.39, 0.29) is 33.9 Å². The number of hydrogen-bond acceptors (Lipinski definition) is 4. The van der Waals surface area contributed by atoms with Crippen molar-refractivity contribution in [2.24, 2.45) is 7.05 Å². The first-order chi connectivity index (χ1) is 11.6. The summed E-state index contributed by atoms with van der Waals surface area (Å²) in [6.45, 7) is 3.59. The summed E-state index contributed by atoms with van der Waals surface area (Å²) >= 11 is 0. The minimum Gasteiger partial charge on any atom is -0.323 e. The Hall–Kier alpha value is -2.26. The first-order valence-electron chi connectivity index (χ1n) is 7.93.